The van der Waals surface area contributed by atoms with Gasteiger partial charge in [0.15, 0.2) is 0 Å². The molecule has 3 rings (SSSR count). The third kappa shape index (κ3) is 6.88. The fourth-order valence-electron chi connectivity index (χ4n) is 5.73. The van der Waals surface area contributed by atoms with Gasteiger partial charge in [0, 0.05) is 39.8 Å². The largest absolute Gasteiger partial charge is 0.344 e. The van der Waals surface area contributed by atoms with Crippen LogP contribution in [0.15, 0.2) is 0 Å². The standard InChI is InChI=1S/C29H49N9O4/c1-12-13-14-35(11)24-30-19(2)31-25(32-24)36(15-17-37-20(39)26(3,4)33-27(5,6)21(37)40)16-18-38-22(41)28(7,8)34-29(9,10)23(38)42/h33-34H,12-18H2,1-11H3. The Morgan fingerprint density at radius 3 is 1.40 bits per heavy atom. The first kappa shape index (κ1) is 33.3. The molecule has 3 heterocycles. The van der Waals surface area contributed by atoms with Gasteiger partial charge >= 0.3 is 0 Å². The van der Waals surface area contributed by atoms with Crippen molar-refractivity contribution in [3.8, 4) is 0 Å². The fourth-order valence-corrected chi connectivity index (χ4v) is 5.73. The molecular weight excluding hydrogens is 538 g/mol. The van der Waals surface area contributed by atoms with E-state index < -0.39 is 22.2 Å². The number of carbonyl (C=O) groups excluding carboxylic acids is 4. The predicted molar refractivity (Wildman–Crippen MR) is 161 cm³/mol. The van der Waals surface area contributed by atoms with E-state index >= 15 is 0 Å². The molecule has 0 bridgehead atoms. The summed E-state index contributed by atoms with van der Waals surface area (Å²) in [5.41, 5.74) is -3.73. The summed E-state index contributed by atoms with van der Waals surface area (Å²) in [6, 6.07) is 0. The van der Waals surface area contributed by atoms with Gasteiger partial charge in [-0.25, -0.2) is 0 Å². The molecule has 1 aromatic heterocycles. The molecule has 13 heteroatoms. The lowest BCUT2D eigenvalue weighted by molar-refractivity contribution is -0.159. The molecular formula is C29H49N9O4. The smallest absolute Gasteiger partial charge is 0.249 e. The third-order valence-corrected chi connectivity index (χ3v) is 7.75. The monoisotopic (exact) mass is 587 g/mol. The van der Waals surface area contributed by atoms with Gasteiger partial charge in [-0.15, -0.1) is 0 Å². The van der Waals surface area contributed by atoms with E-state index in [0.717, 1.165) is 19.4 Å². The first-order valence-corrected chi connectivity index (χ1v) is 14.7. The quantitative estimate of drug-likeness (QED) is 0.361. The molecule has 2 saturated heterocycles. The van der Waals surface area contributed by atoms with Crippen LogP contribution in [0.25, 0.3) is 0 Å². The Bertz CT molecular complexity index is 1110. The maximum atomic E-state index is 13.3. The zero-order valence-electron chi connectivity index (χ0n) is 27.2. The zero-order chi connectivity index (χ0) is 31.8. The summed E-state index contributed by atoms with van der Waals surface area (Å²) in [4.78, 5) is 73.4. The summed E-state index contributed by atoms with van der Waals surface area (Å²) in [5, 5.41) is 6.28. The highest BCUT2D eigenvalue weighted by Crippen LogP contribution is 2.26. The minimum absolute atomic E-state index is 0.0817. The summed E-state index contributed by atoms with van der Waals surface area (Å²) in [5.74, 6) is 0.0665. The number of unbranched alkanes of at least 4 members (excludes halogenated alkanes) is 1. The molecule has 0 spiro atoms. The average molecular weight is 588 g/mol. The van der Waals surface area contributed by atoms with E-state index in [4.69, 9.17) is 4.98 Å². The van der Waals surface area contributed by atoms with E-state index in [-0.39, 0.29) is 49.8 Å². The van der Waals surface area contributed by atoms with Crippen molar-refractivity contribution in [1.29, 1.82) is 0 Å². The van der Waals surface area contributed by atoms with Gasteiger partial charge in [-0.2, -0.15) is 15.0 Å². The van der Waals surface area contributed by atoms with Crippen molar-refractivity contribution in [2.24, 2.45) is 0 Å². The Morgan fingerprint density at radius 1 is 0.643 bits per heavy atom. The number of rotatable bonds is 11. The zero-order valence-corrected chi connectivity index (χ0v) is 27.2. The molecule has 0 unspecified atom stereocenters. The molecule has 13 nitrogen and oxygen atoms in total. The average Bonchev–Trinajstić information content (AvgIpc) is 2.87. The van der Waals surface area contributed by atoms with Crippen LogP contribution in [-0.2, 0) is 19.2 Å². The molecule has 2 aliphatic heterocycles. The van der Waals surface area contributed by atoms with Crippen molar-refractivity contribution in [2.45, 2.75) is 104 Å². The second-order valence-corrected chi connectivity index (χ2v) is 13.5. The first-order chi connectivity index (χ1) is 19.2. The SMILES string of the molecule is CCCCN(C)c1nc(C)nc(N(CCN2C(=O)C(C)(C)NC(C)(C)C2=O)CCN2C(=O)C(C)(C)NC(C)(C)C2=O)n1. The van der Waals surface area contributed by atoms with Gasteiger partial charge in [0.1, 0.15) is 5.82 Å². The molecule has 0 aromatic carbocycles. The van der Waals surface area contributed by atoms with Gasteiger partial charge in [-0.05, 0) is 68.7 Å². The Labute approximate surface area is 249 Å². The highest BCUT2D eigenvalue weighted by molar-refractivity contribution is 6.07. The van der Waals surface area contributed by atoms with E-state index in [9.17, 15) is 19.2 Å². The van der Waals surface area contributed by atoms with Crippen LogP contribution in [0, 0.1) is 6.92 Å². The van der Waals surface area contributed by atoms with Crippen LogP contribution in [0.4, 0.5) is 11.9 Å². The number of imide groups is 2. The lowest BCUT2D eigenvalue weighted by atomic mass is 9.90. The van der Waals surface area contributed by atoms with Crippen molar-refractivity contribution >= 4 is 35.5 Å². The topological polar surface area (TPSA) is 144 Å². The molecule has 42 heavy (non-hydrogen) atoms. The second kappa shape index (κ2) is 11.8. The van der Waals surface area contributed by atoms with E-state index in [1.54, 1.807) is 62.3 Å². The van der Waals surface area contributed by atoms with Crippen molar-refractivity contribution < 1.29 is 19.2 Å². The Balaban J connectivity index is 1.95. The molecule has 2 N–H and O–H groups in total. The van der Waals surface area contributed by atoms with Gasteiger partial charge in [-0.1, -0.05) is 13.3 Å². The molecule has 234 valence electrons. The highest BCUT2D eigenvalue weighted by atomic mass is 16.2. The van der Waals surface area contributed by atoms with Gasteiger partial charge in [-0.3, -0.25) is 39.6 Å². The number of nitrogens with zero attached hydrogens (tertiary/aromatic N) is 7. The molecule has 0 aliphatic carbocycles. The maximum absolute atomic E-state index is 13.3. The van der Waals surface area contributed by atoms with E-state index in [1.807, 2.05) is 16.8 Å². The highest BCUT2D eigenvalue weighted by Gasteiger charge is 2.50. The Hall–Kier alpha value is -3.19. The molecule has 1 aromatic rings. The fraction of sp³-hybridized carbons (Fsp3) is 0.759. The number of piperazine rings is 2. The lowest BCUT2D eigenvalue weighted by Gasteiger charge is -2.46. The second-order valence-electron chi connectivity index (χ2n) is 13.5. The van der Waals surface area contributed by atoms with Crippen LogP contribution >= 0.6 is 0 Å². The minimum atomic E-state index is -0.933. The van der Waals surface area contributed by atoms with Crippen LogP contribution < -0.4 is 20.4 Å². The number of amides is 4. The summed E-state index contributed by atoms with van der Waals surface area (Å²) < 4.78 is 0. The van der Waals surface area contributed by atoms with Crippen LogP contribution in [0.2, 0.25) is 0 Å². The number of aromatic nitrogens is 3. The predicted octanol–water partition coefficient (Wildman–Crippen LogP) is 1.25. The van der Waals surface area contributed by atoms with Gasteiger partial charge < -0.3 is 9.80 Å². The molecule has 0 radical (unpaired) electrons. The molecule has 2 aliphatic rings. The van der Waals surface area contributed by atoms with Crippen molar-refractivity contribution in [1.82, 2.24) is 35.4 Å². The van der Waals surface area contributed by atoms with Crippen LogP contribution in [0.3, 0.4) is 0 Å². The van der Waals surface area contributed by atoms with Crippen LogP contribution in [0.5, 0.6) is 0 Å². The molecule has 0 atom stereocenters. The molecule has 4 amide bonds. The van der Waals surface area contributed by atoms with Gasteiger partial charge in [0.2, 0.25) is 35.5 Å². The van der Waals surface area contributed by atoms with E-state index in [1.165, 1.54) is 9.80 Å². The summed E-state index contributed by atoms with van der Waals surface area (Å²) in [7, 11) is 1.92. The van der Waals surface area contributed by atoms with Crippen LogP contribution in [0.1, 0.15) is 81.0 Å². The number of hydrogen-bond donors (Lipinski definition) is 2. The van der Waals surface area contributed by atoms with Gasteiger partial charge in [0.25, 0.3) is 0 Å². The van der Waals surface area contributed by atoms with Crippen molar-refractivity contribution in [2.75, 3.05) is 49.6 Å². The Morgan fingerprint density at radius 2 is 1.02 bits per heavy atom. The summed E-state index contributed by atoms with van der Waals surface area (Å²) >= 11 is 0. The number of nitrogens with one attached hydrogen (secondary N) is 2. The van der Waals surface area contributed by atoms with Crippen molar-refractivity contribution in [3.63, 3.8) is 0 Å². The normalized spacial score (nSPS) is 21.1. The third-order valence-electron chi connectivity index (χ3n) is 7.75. The van der Waals surface area contributed by atoms with Gasteiger partial charge in [0.05, 0.1) is 22.2 Å². The van der Waals surface area contributed by atoms with E-state index in [2.05, 4.69) is 27.5 Å². The van der Waals surface area contributed by atoms with Crippen LogP contribution in [-0.4, -0.2) is 110 Å². The summed E-state index contributed by atoms with van der Waals surface area (Å²) in [6.07, 6.45) is 1.99. The summed E-state index contributed by atoms with van der Waals surface area (Å²) in [6.45, 7) is 19.3. The number of hydrogen-bond acceptors (Lipinski definition) is 11. The minimum Gasteiger partial charge on any atom is -0.344 e. The first-order valence-electron chi connectivity index (χ1n) is 14.7. The molecule has 2 fully saturated rings. The number of carbonyl (C=O) groups is 4. The van der Waals surface area contributed by atoms with Crippen molar-refractivity contribution in [3.05, 3.63) is 5.82 Å². The number of anilines is 2. The number of aryl methyl sites for hydroxylation is 1. The lowest BCUT2D eigenvalue weighted by Crippen LogP contribution is -2.73. The maximum Gasteiger partial charge on any atom is 0.249 e. The molecule has 0 saturated carbocycles. The Kier molecular flexibility index (Phi) is 9.38. The van der Waals surface area contributed by atoms with E-state index in [0.29, 0.717) is 17.7 Å².